The van der Waals surface area contributed by atoms with Crippen molar-refractivity contribution in [3.05, 3.63) is 34.9 Å². The molecule has 0 amide bonds. The predicted octanol–water partition coefficient (Wildman–Crippen LogP) is 3.93. The van der Waals surface area contributed by atoms with Crippen LogP contribution in [0.4, 0.5) is 0 Å². The van der Waals surface area contributed by atoms with Crippen molar-refractivity contribution >= 4 is 23.4 Å². The van der Waals surface area contributed by atoms with E-state index in [1.165, 1.54) is 18.4 Å². The van der Waals surface area contributed by atoms with E-state index in [4.69, 9.17) is 11.6 Å². The number of rotatable bonds is 5. The van der Waals surface area contributed by atoms with Gasteiger partial charge in [-0.2, -0.15) is 11.8 Å². The summed E-state index contributed by atoms with van der Waals surface area (Å²) in [5.74, 6) is 0.658. The molecule has 2 rings (SSSR count). The molecular weight excluding hydrogens is 250 g/mol. The Balaban J connectivity index is 1.77. The standard InChI is InChI=1S/C14H20ClNS/c1-10(17-2)9-16-12-7-11(8-12)13-5-3-4-6-14(13)15/h3-6,10-12,16H,7-9H2,1-2H3. The van der Waals surface area contributed by atoms with E-state index in [1.807, 2.05) is 23.9 Å². The highest BCUT2D eigenvalue weighted by atomic mass is 35.5. The maximum atomic E-state index is 6.21. The first-order valence-corrected chi connectivity index (χ1v) is 7.88. The van der Waals surface area contributed by atoms with E-state index in [0.717, 1.165) is 11.6 Å². The molecule has 0 spiro atoms. The van der Waals surface area contributed by atoms with Gasteiger partial charge in [-0.25, -0.2) is 0 Å². The number of hydrogen-bond donors (Lipinski definition) is 1. The second-order valence-corrected chi connectivity index (χ2v) is 6.52. The summed E-state index contributed by atoms with van der Waals surface area (Å²) in [7, 11) is 0. The third-order valence-corrected chi connectivity index (χ3v) is 4.90. The molecule has 1 atom stereocenters. The van der Waals surface area contributed by atoms with E-state index < -0.39 is 0 Å². The zero-order valence-corrected chi connectivity index (χ0v) is 12.0. The van der Waals surface area contributed by atoms with Gasteiger partial charge in [-0.1, -0.05) is 36.7 Å². The molecule has 1 fully saturated rings. The maximum absolute atomic E-state index is 6.21. The van der Waals surface area contributed by atoms with E-state index in [-0.39, 0.29) is 0 Å². The lowest BCUT2D eigenvalue weighted by atomic mass is 9.76. The average molecular weight is 270 g/mol. The van der Waals surface area contributed by atoms with Gasteiger partial charge >= 0.3 is 0 Å². The van der Waals surface area contributed by atoms with Gasteiger partial charge in [0.2, 0.25) is 0 Å². The summed E-state index contributed by atoms with van der Waals surface area (Å²) in [5.41, 5.74) is 1.32. The molecule has 0 radical (unpaired) electrons. The fraction of sp³-hybridized carbons (Fsp3) is 0.571. The zero-order chi connectivity index (χ0) is 12.3. The molecule has 1 saturated carbocycles. The molecule has 3 heteroatoms. The maximum Gasteiger partial charge on any atom is 0.0440 e. The van der Waals surface area contributed by atoms with Gasteiger partial charge in [0.15, 0.2) is 0 Å². The van der Waals surface area contributed by atoms with Crippen molar-refractivity contribution in [2.75, 3.05) is 12.8 Å². The van der Waals surface area contributed by atoms with Crippen molar-refractivity contribution < 1.29 is 0 Å². The van der Waals surface area contributed by atoms with Gasteiger partial charge in [0, 0.05) is 22.9 Å². The van der Waals surface area contributed by atoms with Crippen LogP contribution in [0.25, 0.3) is 0 Å². The van der Waals surface area contributed by atoms with Gasteiger partial charge in [-0.3, -0.25) is 0 Å². The molecule has 0 aliphatic heterocycles. The second-order valence-electron chi connectivity index (χ2n) is 4.84. The smallest absolute Gasteiger partial charge is 0.0440 e. The SMILES string of the molecule is CSC(C)CNC1CC(c2ccccc2Cl)C1. The molecular formula is C14H20ClNS. The first-order valence-electron chi connectivity index (χ1n) is 6.21. The first kappa shape index (κ1) is 13.3. The fourth-order valence-corrected chi connectivity index (χ4v) is 2.81. The van der Waals surface area contributed by atoms with E-state index in [1.54, 1.807) is 0 Å². The Bertz CT molecular complexity index is 363. The third kappa shape index (κ3) is 3.40. The van der Waals surface area contributed by atoms with Crippen LogP contribution >= 0.6 is 23.4 Å². The quantitative estimate of drug-likeness (QED) is 0.869. The molecule has 1 aliphatic rings. The number of hydrogen-bond acceptors (Lipinski definition) is 2. The Morgan fingerprint density at radius 2 is 2.12 bits per heavy atom. The van der Waals surface area contributed by atoms with Gasteiger partial charge in [0.05, 0.1) is 0 Å². The number of thioether (sulfide) groups is 1. The fourth-order valence-electron chi connectivity index (χ4n) is 2.26. The van der Waals surface area contributed by atoms with Crippen LogP contribution in [0.3, 0.4) is 0 Å². The summed E-state index contributed by atoms with van der Waals surface area (Å²) in [6.07, 6.45) is 4.62. The van der Waals surface area contributed by atoms with Crippen LogP contribution in [0.1, 0.15) is 31.2 Å². The summed E-state index contributed by atoms with van der Waals surface area (Å²) in [6.45, 7) is 3.38. The molecule has 1 unspecified atom stereocenters. The summed E-state index contributed by atoms with van der Waals surface area (Å²) in [5, 5.41) is 5.25. The molecule has 0 aromatic heterocycles. The molecule has 0 bridgehead atoms. The van der Waals surface area contributed by atoms with Crippen molar-refractivity contribution in [2.45, 2.75) is 37.0 Å². The van der Waals surface area contributed by atoms with Crippen LogP contribution in [0.15, 0.2) is 24.3 Å². The lowest BCUT2D eigenvalue weighted by molar-refractivity contribution is 0.293. The largest absolute Gasteiger partial charge is 0.313 e. The first-order chi connectivity index (χ1) is 8.20. The topological polar surface area (TPSA) is 12.0 Å². The number of nitrogens with one attached hydrogen (secondary N) is 1. The van der Waals surface area contributed by atoms with E-state index >= 15 is 0 Å². The monoisotopic (exact) mass is 269 g/mol. The minimum atomic E-state index is 0.658. The summed E-state index contributed by atoms with van der Waals surface area (Å²) >= 11 is 8.12. The molecule has 0 heterocycles. The molecule has 1 aromatic carbocycles. The Hall–Kier alpha value is -0.180. The summed E-state index contributed by atoms with van der Waals surface area (Å²) < 4.78 is 0. The van der Waals surface area contributed by atoms with E-state index in [2.05, 4.69) is 30.6 Å². The van der Waals surface area contributed by atoms with Gasteiger partial charge in [0.1, 0.15) is 0 Å². The van der Waals surface area contributed by atoms with Gasteiger partial charge in [-0.05, 0) is 36.6 Å². The highest BCUT2D eigenvalue weighted by molar-refractivity contribution is 7.99. The van der Waals surface area contributed by atoms with Crippen LogP contribution in [0.2, 0.25) is 5.02 Å². The molecule has 0 saturated heterocycles. The van der Waals surface area contributed by atoms with Crippen molar-refractivity contribution in [1.29, 1.82) is 0 Å². The number of halogens is 1. The summed E-state index contributed by atoms with van der Waals surface area (Å²) in [6, 6.07) is 8.92. The highest BCUT2D eigenvalue weighted by Gasteiger charge is 2.31. The van der Waals surface area contributed by atoms with Gasteiger partial charge < -0.3 is 5.32 Å². The lowest BCUT2D eigenvalue weighted by Gasteiger charge is -2.37. The van der Waals surface area contributed by atoms with Crippen molar-refractivity contribution in [2.24, 2.45) is 0 Å². The average Bonchev–Trinajstić information content (AvgIpc) is 2.28. The predicted molar refractivity (Wildman–Crippen MR) is 78.2 cm³/mol. The van der Waals surface area contributed by atoms with Gasteiger partial charge in [-0.15, -0.1) is 0 Å². The highest BCUT2D eigenvalue weighted by Crippen LogP contribution is 2.39. The van der Waals surface area contributed by atoms with Crippen LogP contribution < -0.4 is 5.32 Å². The van der Waals surface area contributed by atoms with E-state index in [0.29, 0.717) is 17.2 Å². The minimum absolute atomic E-state index is 0.658. The summed E-state index contributed by atoms with van der Waals surface area (Å²) in [4.78, 5) is 0. The minimum Gasteiger partial charge on any atom is -0.313 e. The normalized spacial score (nSPS) is 25.4. The van der Waals surface area contributed by atoms with Crippen molar-refractivity contribution in [3.63, 3.8) is 0 Å². The van der Waals surface area contributed by atoms with Crippen molar-refractivity contribution in [3.8, 4) is 0 Å². The van der Waals surface area contributed by atoms with Crippen LogP contribution in [-0.4, -0.2) is 24.1 Å². The molecule has 1 aliphatic carbocycles. The van der Waals surface area contributed by atoms with Crippen LogP contribution in [0.5, 0.6) is 0 Å². The Morgan fingerprint density at radius 3 is 2.76 bits per heavy atom. The Labute approximate surface area is 113 Å². The Morgan fingerprint density at radius 1 is 1.41 bits per heavy atom. The number of benzene rings is 1. The molecule has 1 aromatic rings. The van der Waals surface area contributed by atoms with Crippen LogP contribution in [0, 0.1) is 0 Å². The second kappa shape index (κ2) is 6.12. The van der Waals surface area contributed by atoms with E-state index in [9.17, 15) is 0 Å². The molecule has 17 heavy (non-hydrogen) atoms. The van der Waals surface area contributed by atoms with Crippen LogP contribution in [-0.2, 0) is 0 Å². The zero-order valence-electron chi connectivity index (χ0n) is 10.4. The Kier molecular flexibility index (Phi) is 4.78. The van der Waals surface area contributed by atoms with Crippen molar-refractivity contribution in [1.82, 2.24) is 5.32 Å². The third-order valence-electron chi connectivity index (χ3n) is 3.58. The molecule has 94 valence electrons. The molecule has 1 N–H and O–H groups in total. The molecule has 1 nitrogen and oxygen atoms in total. The van der Waals surface area contributed by atoms with Gasteiger partial charge in [0.25, 0.3) is 0 Å². The lowest BCUT2D eigenvalue weighted by Crippen LogP contribution is -2.42.